The Morgan fingerprint density at radius 2 is 1.89 bits per heavy atom. The number of aliphatic hydroxyl groups excluding tert-OH is 1. The van der Waals surface area contributed by atoms with Gasteiger partial charge in [-0.3, -0.25) is 9.59 Å². The number of ketones is 1. The van der Waals surface area contributed by atoms with Gasteiger partial charge in [-0.15, -0.1) is 0 Å². The second kappa shape index (κ2) is 8.57. The number of fused-ring (bicyclic) bond motifs is 5. The van der Waals surface area contributed by atoms with Gasteiger partial charge in [-0.2, -0.15) is 0 Å². The Labute approximate surface area is 209 Å². The first kappa shape index (κ1) is 25.2. The van der Waals surface area contributed by atoms with E-state index in [1.807, 2.05) is 37.3 Å². The van der Waals surface area contributed by atoms with Gasteiger partial charge in [0.2, 0.25) is 5.78 Å². The Hall–Kier alpha value is -2.41. The van der Waals surface area contributed by atoms with Crippen LogP contribution in [0.3, 0.4) is 0 Å². The first-order valence-corrected chi connectivity index (χ1v) is 12.8. The van der Waals surface area contributed by atoms with E-state index in [1.54, 1.807) is 0 Å². The van der Waals surface area contributed by atoms with Crippen LogP contribution in [-0.4, -0.2) is 40.9 Å². The van der Waals surface area contributed by atoms with Crippen LogP contribution in [0.15, 0.2) is 53.9 Å². The summed E-state index contributed by atoms with van der Waals surface area (Å²) in [4.78, 5) is 24.1. The number of rotatable bonds is 4. The molecule has 4 aliphatic carbocycles. The first-order chi connectivity index (χ1) is 17.0. The maximum absolute atomic E-state index is 17.4. The van der Waals surface area contributed by atoms with Crippen LogP contribution in [0.25, 0.3) is 0 Å². The van der Waals surface area contributed by atoms with Crippen molar-refractivity contribution in [2.75, 3.05) is 0 Å². The minimum Gasteiger partial charge on any atom is -0.462 e. The molecule has 0 amide bonds. The highest BCUT2D eigenvalue weighted by molar-refractivity contribution is 6.04. The summed E-state index contributed by atoms with van der Waals surface area (Å²) in [5.41, 5.74) is -4.35. The third-order valence-corrected chi connectivity index (χ3v) is 9.70. The molecule has 0 radical (unpaired) electrons. The van der Waals surface area contributed by atoms with Crippen molar-refractivity contribution in [3.8, 4) is 0 Å². The van der Waals surface area contributed by atoms with Crippen LogP contribution in [0.1, 0.15) is 52.0 Å². The number of benzene rings is 1. The molecule has 5 rings (SSSR count). The van der Waals surface area contributed by atoms with Crippen LogP contribution in [0.4, 0.5) is 13.2 Å². The Balaban J connectivity index is 1.61. The molecule has 0 heterocycles. The predicted molar refractivity (Wildman–Crippen MR) is 128 cm³/mol. The van der Waals surface area contributed by atoms with Crippen LogP contribution in [0, 0.1) is 28.6 Å². The molecule has 0 spiro atoms. The van der Waals surface area contributed by atoms with E-state index >= 15 is 8.78 Å². The van der Waals surface area contributed by atoms with E-state index in [9.17, 15) is 19.1 Å². The zero-order chi connectivity index (χ0) is 26.0. The van der Waals surface area contributed by atoms with E-state index in [-0.39, 0.29) is 24.7 Å². The van der Waals surface area contributed by atoms with Gasteiger partial charge >= 0.3 is 5.97 Å². The summed E-state index contributed by atoms with van der Waals surface area (Å²) in [6.45, 7) is 4.68. The van der Waals surface area contributed by atoms with Crippen LogP contribution in [0.2, 0.25) is 0 Å². The van der Waals surface area contributed by atoms with Gasteiger partial charge in [-0.05, 0) is 62.5 Å². The highest BCUT2D eigenvalue weighted by Crippen LogP contribution is 2.70. The van der Waals surface area contributed by atoms with Crippen LogP contribution in [0.5, 0.6) is 0 Å². The summed E-state index contributed by atoms with van der Waals surface area (Å²) in [5.74, 6) is -4.12. The molecule has 0 aromatic heterocycles. The number of alkyl halides is 2. The van der Waals surface area contributed by atoms with Crippen molar-refractivity contribution in [1.29, 1.82) is 0 Å². The SMILES string of the molecule is CC(=O)O[C@@H]1[C@H](C)C[C@H]2[C@@H]3C[C@H](F)C4=C(F)C(=O)C=C[C@]4(C)[C@@]3(F)[C@@H](O)C[C@]12CCc1ccccc1. The van der Waals surface area contributed by atoms with Gasteiger partial charge in [-0.1, -0.05) is 43.3 Å². The molecule has 0 saturated heterocycles. The Kier molecular flexibility index (Phi) is 6.01. The fourth-order valence-electron chi connectivity index (χ4n) is 8.25. The largest absolute Gasteiger partial charge is 0.462 e. The lowest BCUT2D eigenvalue weighted by molar-refractivity contribution is -0.217. The lowest BCUT2D eigenvalue weighted by Crippen LogP contribution is -2.69. The fraction of sp³-hybridized carbons (Fsp3) is 0.586. The Morgan fingerprint density at radius 3 is 2.56 bits per heavy atom. The molecule has 36 heavy (non-hydrogen) atoms. The van der Waals surface area contributed by atoms with Crippen molar-refractivity contribution < 1.29 is 32.6 Å². The summed E-state index contributed by atoms with van der Waals surface area (Å²) in [5, 5.41) is 11.6. The smallest absolute Gasteiger partial charge is 0.302 e. The standard InChI is InChI=1S/C29H33F3O4/c1-16-13-19-20-14-21(30)24-25(31)22(34)10-11-27(24,3)29(20,32)23(35)15-28(19,26(16)36-17(2)33)12-9-18-7-5-4-6-8-18/h4-8,10-11,16,19-21,23,26,35H,9,12-15H2,1-3H3/t16-,19+,20+,21+,23+,26-,27+,28+,29+/m1/s1. The average Bonchev–Trinajstić information content (AvgIpc) is 3.09. The van der Waals surface area contributed by atoms with Crippen LogP contribution >= 0.6 is 0 Å². The summed E-state index contributed by atoms with van der Waals surface area (Å²) < 4.78 is 53.8. The zero-order valence-corrected chi connectivity index (χ0v) is 20.8. The minimum absolute atomic E-state index is 0.00299. The van der Waals surface area contributed by atoms with Crippen molar-refractivity contribution in [2.45, 2.75) is 76.9 Å². The summed E-state index contributed by atoms with van der Waals surface area (Å²) in [6, 6.07) is 9.77. The van der Waals surface area contributed by atoms with E-state index in [0.29, 0.717) is 19.3 Å². The van der Waals surface area contributed by atoms with Gasteiger partial charge in [0.25, 0.3) is 0 Å². The van der Waals surface area contributed by atoms with Crippen molar-refractivity contribution in [3.05, 3.63) is 59.4 Å². The molecular weight excluding hydrogens is 469 g/mol. The molecule has 3 saturated carbocycles. The maximum Gasteiger partial charge on any atom is 0.302 e. The molecule has 1 aromatic carbocycles. The molecule has 194 valence electrons. The zero-order valence-electron chi connectivity index (χ0n) is 20.8. The molecule has 9 atom stereocenters. The molecule has 4 nitrogen and oxygen atoms in total. The van der Waals surface area contributed by atoms with E-state index in [2.05, 4.69) is 0 Å². The number of aryl methyl sites for hydroxylation is 1. The van der Waals surface area contributed by atoms with Gasteiger partial charge in [0.15, 0.2) is 11.5 Å². The Bertz CT molecular complexity index is 1130. The molecular formula is C29H33F3O4. The van der Waals surface area contributed by atoms with Crippen molar-refractivity contribution in [1.82, 2.24) is 0 Å². The minimum atomic E-state index is -2.37. The highest BCUT2D eigenvalue weighted by atomic mass is 19.2. The molecule has 0 aliphatic heterocycles. The first-order valence-electron chi connectivity index (χ1n) is 12.8. The van der Waals surface area contributed by atoms with Gasteiger partial charge < -0.3 is 9.84 Å². The van der Waals surface area contributed by atoms with Crippen molar-refractivity contribution >= 4 is 11.8 Å². The lowest BCUT2D eigenvalue weighted by atomic mass is 9.44. The number of aliphatic hydroxyl groups is 1. The van der Waals surface area contributed by atoms with Crippen LogP contribution in [-0.2, 0) is 20.7 Å². The number of ether oxygens (including phenoxy) is 1. The number of carbonyl (C=O) groups excluding carboxylic acids is 2. The summed E-state index contributed by atoms with van der Waals surface area (Å²) in [6.07, 6.45) is -0.416. The Morgan fingerprint density at radius 1 is 1.19 bits per heavy atom. The van der Waals surface area contributed by atoms with E-state index in [0.717, 1.165) is 11.6 Å². The second-order valence-electron chi connectivity index (χ2n) is 11.5. The highest BCUT2D eigenvalue weighted by Gasteiger charge is 2.74. The van der Waals surface area contributed by atoms with Gasteiger partial charge in [0.05, 0.1) is 6.10 Å². The van der Waals surface area contributed by atoms with Gasteiger partial charge in [0.1, 0.15) is 12.3 Å². The predicted octanol–water partition coefficient (Wildman–Crippen LogP) is 5.39. The number of hydrogen-bond donors (Lipinski definition) is 1. The lowest BCUT2D eigenvalue weighted by Gasteiger charge is -2.62. The summed E-state index contributed by atoms with van der Waals surface area (Å²) in [7, 11) is 0. The number of halogens is 3. The van der Waals surface area contributed by atoms with E-state index in [4.69, 9.17) is 4.74 Å². The van der Waals surface area contributed by atoms with Gasteiger partial charge in [-0.25, -0.2) is 13.2 Å². The molecule has 1 aromatic rings. The molecule has 4 aliphatic rings. The third-order valence-electron chi connectivity index (χ3n) is 9.70. The van der Waals surface area contributed by atoms with Gasteiger partial charge in [0, 0.05) is 29.2 Å². The molecule has 1 N–H and O–H groups in total. The maximum atomic E-state index is 17.4. The normalized spacial score (nSPS) is 43.6. The van der Waals surface area contributed by atoms with Crippen molar-refractivity contribution in [2.24, 2.45) is 28.6 Å². The second-order valence-corrected chi connectivity index (χ2v) is 11.5. The third kappa shape index (κ3) is 3.37. The van der Waals surface area contributed by atoms with Crippen molar-refractivity contribution in [3.63, 3.8) is 0 Å². The van der Waals surface area contributed by atoms with E-state index in [1.165, 1.54) is 19.9 Å². The molecule has 7 heteroatoms. The molecule has 0 unspecified atom stereocenters. The fourth-order valence-corrected chi connectivity index (χ4v) is 8.25. The quantitative estimate of drug-likeness (QED) is 0.561. The summed E-state index contributed by atoms with van der Waals surface area (Å²) >= 11 is 0. The number of carbonyl (C=O) groups is 2. The van der Waals surface area contributed by atoms with Crippen LogP contribution < -0.4 is 0 Å². The molecule has 3 fully saturated rings. The topological polar surface area (TPSA) is 63.6 Å². The molecule has 0 bridgehead atoms. The number of allylic oxidation sites excluding steroid dienone is 4. The monoisotopic (exact) mass is 502 g/mol. The number of hydrogen-bond acceptors (Lipinski definition) is 4. The average molecular weight is 503 g/mol. The number of esters is 1. The van der Waals surface area contributed by atoms with E-state index < -0.39 is 63.9 Å².